The van der Waals surface area contributed by atoms with E-state index in [1.54, 1.807) is 11.3 Å². The van der Waals surface area contributed by atoms with Crippen LogP contribution in [0, 0.1) is 11.3 Å². The fourth-order valence-electron chi connectivity index (χ4n) is 1.07. The van der Waals surface area contributed by atoms with Crippen molar-refractivity contribution in [1.29, 1.82) is 5.26 Å². The number of hydrogen-bond acceptors (Lipinski definition) is 4. The van der Waals surface area contributed by atoms with Crippen molar-refractivity contribution in [3.8, 4) is 6.07 Å². The van der Waals surface area contributed by atoms with E-state index >= 15 is 0 Å². The highest BCUT2D eigenvalue weighted by molar-refractivity contribution is 9.11. The van der Waals surface area contributed by atoms with Crippen LogP contribution >= 0.6 is 27.3 Å². The molecular weight excluding hydrogens is 290 g/mol. The summed E-state index contributed by atoms with van der Waals surface area (Å²) in [6.07, 6.45) is 0.351. The van der Waals surface area contributed by atoms with Crippen LogP contribution in [0.3, 0.4) is 0 Å². The fraction of sp³-hybridized carbons (Fsp3) is 0.400. The molecule has 86 valence electrons. The Kier molecular flexibility index (Phi) is 6.08. The van der Waals surface area contributed by atoms with E-state index in [0.29, 0.717) is 19.5 Å². The molecule has 16 heavy (non-hydrogen) atoms. The molecule has 1 aromatic rings. The van der Waals surface area contributed by atoms with Gasteiger partial charge in [-0.3, -0.25) is 4.79 Å². The SMILES string of the molecule is N#CCCNC(=O)CNCc1ccc(Br)s1. The Morgan fingerprint density at radius 2 is 2.38 bits per heavy atom. The molecule has 0 aromatic carbocycles. The van der Waals surface area contributed by atoms with Crippen LogP contribution in [0.2, 0.25) is 0 Å². The van der Waals surface area contributed by atoms with E-state index in [0.717, 1.165) is 3.79 Å². The smallest absolute Gasteiger partial charge is 0.234 e. The van der Waals surface area contributed by atoms with Gasteiger partial charge in [-0.05, 0) is 28.1 Å². The minimum atomic E-state index is -0.0779. The molecule has 1 amide bonds. The highest BCUT2D eigenvalue weighted by Gasteiger charge is 2.01. The second kappa shape index (κ2) is 7.39. The number of nitrogens with zero attached hydrogens (tertiary/aromatic N) is 1. The highest BCUT2D eigenvalue weighted by Crippen LogP contribution is 2.21. The first-order valence-electron chi connectivity index (χ1n) is 4.81. The molecule has 0 unspecified atom stereocenters. The van der Waals surface area contributed by atoms with E-state index in [1.807, 2.05) is 18.2 Å². The molecule has 4 nitrogen and oxygen atoms in total. The maximum atomic E-state index is 11.2. The minimum absolute atomic E-state index is 0.0779. The number of rotatable bonds is 6. The van der Waals surface area contributed by atoms with E-state index in [-0.39, 0.29) is 12.5 Å². The van der Waals surface area contributed by atoms with Gasteiger partial charge in [0.2, 0.25) is 5.91 Å². The molecule has 0 saturated carbocycles. The Labute approximate surface area is 107 Å². The molecular formula is C10H12BrN3OS. The van der Waals surface area contributed by atoms with Crippen LogP contribution < -0.4 is 10.6 Å². The van der Waals surface area contributed by atoms with Gasteiger partial charge >= 0.3 is 0 Å². The van der Waals surface area contributed by atoms with Gasteiger partial charge < -0.3 is 10.6 Å². The van der Waals surface area contributed by atoms with Crippen LogP contribution in [0.4, 0.5) is 0 Å². The molecule has 1 heterocycles. The molecule has 0 spiro atoms. The van der Waals surface area contributed by atoms with E-state index in [9.17, 15) is 4.79 Å². The lowest BCUT2D eigenvalue weighted by atomic mass is 10.4. The first-order valence-corrected chi connectivity index (χ1v) is 6.42. The van der Waals surface area contributed by atoms with Crippen molar-refractivity contribution in [2.24, 2.45) is 0 Å². The number of nitriles is 1. The summed E-state index contributed by atoms with van der Waals surface area (Å²) < 4.78 is 1.09. The minimum Gasteiger partial charge on any atom is -0.354 e. The number of hydrogen-bond donors (Lipinski definition) is 2. The summed E-state index contributed by atoms with van der Waals surface area (Å²) in [6.45, 7) is 1.38. The molecule has 1 rings (SSSR count). The number of carbonyl (C=O) groups excluding carboxylic acids is 1. The summed E-state index contributed by atoms with van der Waals surface area (Å²) in [6, 6.07) is 5.96. The van der Waals surface area contributed by atoms with Crippen molar-refractivity contribution in [2.45, 2.75) is 13.0 Å². The van der Waals surface area contributed by atoms with Crippen LogP contribution in [0.15, 0.2) is 15.9 Å². The van der Waals surface area contributed by atoms with Gasteiger partial charge in [0.15, 0.2) is 0 Å². The van der Waals surface area contributed by atoms with E-state index in [1.165, 1.54) is 4.88 Å². The van der Waals surface area contributed by atoms with Gasteiger partial charge in [0.05, 0.1) is 22.8 Å². The number of nitrogens with one attached hydrogen (secondary N) is 2. The largest absolute Gasteiger partial charge is 0.354 e. The van der Waals surface area contributed by atoms with Crippen molar-refractivity contribution in [3.05, 3.63) is 20.8 Å². The van der Waals surface area contributed by atoms with Crippen LogP contribution in [0.25, 0.3) is 0 Å². The lowest BCUT2D eigenvalue weighted by Crippen LogP contribution is -2.33. The second-order valence-corrected chi connectivity index (χ2v) is 5.62. The van der Waals surface area contributed by atoms with Gasteiger partial charge in [0.1, 0.15) is 0 Å². The van der Waals surface area contributed by atoms with Crippen LogP contribution in [-0.2, 0) is 11.3 Å². The first-order chi connectivity index (χ1) is 7.72. The lowest BCUT2D eigenvalue weighted by molar-refractivity contribution is -0.120. The van der Waals surface area contributed by atoms with Crippen molar-refractivity contribution < 1.29 is 4.79 Å². The Bertz CT molecular complexity index is 386. The van der Waals surface area contributed by atoms with Crippen molar-refractivity contribution in [2.75, 3.05) is 13.1 Å². The summed E-state index contributed by atoms with van der Waals surface area (Å²) in [5, 5.41) is 14.0. The number of carbonyl (C=O) groups is 1. The third-order valence-corrected chi connectivity index (χ3v) is 3.40. The molecule has 0 aliphatic carbocycles. The molecule has 0 atom stereocenters. The average molecular weight is 302 g/mol. The van der Waals surface area contributed by atoms with Gasteiger partial charge in [-0.25, -0.2) is 0 Å². The number of halogens is 1. The van der Waals surface area contributed by atoms with Crippen molar-refractivity contribution in [1.82, 2.24) is 10.6 Å². The quantitative estimate of drug-likeness (QED) is 0.785. The molecule has 1 aromatic heterocycles. The summed E-state index contributed by atoms with van der Waals surface area (Å²) in [5.41, 5.74) is 0. The van der Waals surface area contributed by atoms with Gasteiger partial charge in [0.25, 0.3) is 0 Å². The van der Waals surface area contributed by atoms with Crippen LogP contribution in [0.5, 0.6) is 0 Å². The van der Waals surface area contributed by atoms with Gasteiger partial charge in [0, 0.05) is 18.0 Å². The zero-order valence-electron chi connectivity index (χ0n) is 8.62. The van der Waals surface area contributed by atoms with Gasteiger partial charge in [-0.1, -0.05) is 0 Å². The number of thiophene rings is 1. The summed E-state index contributed by atoms with van der Waals surface area (Å²) >= 11 is 5.02. The van der Waals surface area contributed by atoms with Crippen LogP contribution in [0.1, 0.15) is 11.3 Å². The Balaban J connectivity index is 2.11. The van der Waals surface area contributed by atoms with E-state index in [2.05, 4.69) is 26.6 Å². The Morgan fingerprint density at radius 1 is 1.56 bits per heavy atom. The predicted octanol–water partition coefficient (Wildman–Crippen LogP) is 1.63. The first kappa shape index (κ1) is 13.2. The van der Waals surface area contributed by atoms with Crippen molar-refractivity contribution >= 4 is 33.2 Å². The Morgan fingerprint density at radius 3 is 3.00 bits per heavy atom. The average Bonchev–Trinajstić information content (AvgIpc) is 2.65. The zero-order chi connectivity index (χ0) is 11.8. The normalized spacial score (nSPS) is 9.75. The zero-order valence-corrected chi connectivity index (χ0v) is 11.0. The predicted molar refractivity (Wildman–Crippen MR) is 67.0 cm³/mol. The summed E-state index contributed by atoms with van der Waals surface area (Å²) in [5.74, 6) is -0.0779. The topological polar surface area (TPSA) is 64.9 Å². The summed E-state index contributed by atoms with van der Waals surface area (Å²) in [7, 11) is 0. The van der Waals surface area contributed by atoms with Crippen molar-refractivity contribution in [3.63, 3.8) is 0 Å². The third-order valence-electron chi connectivity index (χ3n) is 1.77. The van der Waals surface area contributed by atoms with Gasteiger partial charge in [-0.15, -0.1) is 11.3 Å². The molecule has 0 bridgehead atoms. The molecule has 6 heteroatoms. The Hall–Kier alpha value is -0.900. The molecule has 0 fully saturated rings. The monoisotopic (exact) mass is 301 g/mol. The highest BCUT2D eigenvalue weighted by atomic mass is 79.9. The lowest BCUT2D eigenvalue weighted by Gasteiger charge is -2.03. The standard InChI is InChI=1S/C10H12BrN3OS/c11-9-3-2-8(16-9)6-13-7-10(15)14-5-1-4-12/h2-3,13H,1,5-7H2,(H,14,15). The van der Waals surface area contributed by atoms with E-state index in [4.69, 9.17) is 5.26 Å². The molecule has 2 N–H and O–H groups in total. The maximum Gasteiger partial charge on any atom is 0.234 e. The molecule has 0 radical (unpaired) electrons. The second-order valence-electron chi connectivity index (χ2n) is 3.07. The molecule has 0 aliphatic heterocycles. The molecule has 0 aliphatic rings. The van der Waals surface area contributed by atoms with E-state index < -0.39 is 0 Å². The summed E-state index contributed by atoms with van der Waals surface area (Å²) in [4.78, 5) is 12.4. The molecule has 0 saturated heterocycles. The third kappa shape index (κ3) is 5.26. The number of amides is 1. The maximum absolute atomic E-state index is 11.2. The fourth-order valence-corrected chi connectivity index (χ4v) is 2.52. The van der Waals surface area contributed by atoms with Crippen LogP contribution in [-0.4, -0.2) is 19.0 Å². The van der Waals surface area contributed by atoms with Gasteiger partial charge in [-0.2, -0.15) is 5.26 Å².